The van der Waals surface area contributed by atoms with Crippen LogP contribution < -0.4 is 10.2 Å². The number of benzene rings is 1. The van der Waals surface area contributed by atoms with E-state index in [9.17, 15) is 4.79 Å². The number of rotatable bonds is 6. The lowest BCUT2D eigenvalue weighted by Crippen LogP contribution is -2.37. The van der Waals surface area contributed by atoms with E-state index in [4.69, 9.17) is 14.8 Å². The van der Waals surface area contributed by atoms with Crippen LogP contribution in [-0.4, -0.2) is 63.5 Å². The van der Waals surface area contributed by atoms with Gasteiger partial charge in [-0.2, -0.15) is 9.61 Å². The first kappa shape index (κ1) is 19.3. The molecule has 9 heteroatoms. The lowest BCUT2D eigenvalue weighted by atomic mass is 10.1. The number of nitrogens with one attached hydrogen (secondary N) is 1. The van der Waals surface area contributed by atoms with Crippen LogP contribution in [0.4, 0.5) is 11.6 Å². The first-order chi connectivity index (χ1) is 15.2. The molecule has 1 aliphatic rings. The lowest BCUT2D eigenvalue weighted by Gasteiger charge is -2.28. The Kier molecular flexibility index (Phi) is 5.09. The number of carbonyl (C=O) groups is 1. The van der Waals surface area contributed by atoms with E-state index in [-0.39, 0.29) is 6.42 Å². The highest BCUT2D eigenvalue weighted by Crippen LogP contribution is 2.29. The zero-order valence-electron chi connectivity index (χ0n) is 16.9. The van der Waals surface area contributed by atoms with Gasteiger partial charge in [-0.15, -0.1) is 0 Å². The van der Waals surface area contributed by atoms with E-state index in [0.717, 1.165) is 40.9 Å². The second-order valence-electron chi connectivity index (χ2n) is 7.38. The second-order valence-corrected chi connectivity index (χ2v) is 7.38. The number of ether oxygens (including phenoxy) is 1. The minimum Gasteiger partial charge on any atom is -0.481 e. The summed E-state index contributed by atoms with van der Waals surface area (Å²) in [5.41, 5.74) is 3.42. The zero-order chi connectivity index (χ0) is 21.2. The third-order valence-electron chi connectivity index (χ3n) is 5.34. The first-order valence-electron chi connectivity index (χ1n) is 10.2. The molecule has 1 saturated heterocycles. The summed E-state index contributed by atoms with van der Waals surface area (Å²) in [7, 11) is 0. The van der Waals surface area contributed by atoms with Gasteiger partial charge < -0.3 is 20.1 Å². The summed E-state index contributed by atoms with van der Waals surface area (Å²) in [5, 5.41) is 17.8. The molecule has 158 valence electrons. The van der Waals surface area contributed by atoms with Crippen LogP contribution in [0.5, 0.6) is 0 Å². The topological polar surface area (TPSA) is 105 Å². The molecule has 4 aromatic rings. The van der Waals surface area contributed by atoms with Crippen molar-refractivity contribution in [2.45, 2.75) is 6.42 Å². The van der Waals surface area contributed by atoms with Crippen molar-refractivity contribution >= 4 is 34.2 Å². The number of hydrogen-bond donors (Lipinski definition) is 2. The number of fused-ring (bicyclic) bond motifs is 2. The molecule has 2 N–H and O–H groups in total. The summed E-state index contributed by atoms with van der Waals surface area (Å²) in [4.78, 5) is 22.6. The molecular formula is C22H22N6O3. The van der Waals surface area contributed by atoms with Gasteiger partial charge in [0.25, 0.3) is 0 Å². The Hall–Kier alpha value is -3.72. The largest absolute Gasteiger partial charge is 0.481 e. The molecule has 0 atom stereocenters. The molecule has 5 rings (SSSR count). The summed E-state index contributed by atoms with van der Waals surface area (Å²) >= 11 is 0. The summed E-state index contributed by atoms with van der Waals surface area (Å²) in [6.07, 6.45) is 3.62. The molecular weight excluding hydrogens is 396 g/mol. The van der Waals surface area contributed by atoms with Crippen molar-refractivity contribution in [2.75, 3.05) is 43.1 Å². The van der Waals surface area contributed by atoms with E-state index in [1.807, 2.05) is 36.5 Å². The predicted octanol–water partition coefficient (Wildman–Crippen LogP) is 2.67. The number of morpholine rings is 1. The summed E-state index contributed by atoms with van der Waals surface area (Å²) in [6, 6.07) is 12.0. The highest BCUT2D eigenvalue weighted by Gasteiger charge is 2.18. The summed E-state index contributed by atoms with van der Waals surface area (Å²) in [5.74, 6) is 0.659. The van der Waals surface area contributed by atoms with Crippen molar-refractivity contribution < 1.29 is 14.6 Å². The SMILES string of the molecule is O=C(O)CCNc1cc(N2CCOCC2)nc2c(-c3cnc4ccccc4c3)cnn12. The predicted molar refractivity (Wildman–Crippen MR) is 117 cm³/mol. The Balaban J connectivity index is 1.60. The van der Waals surface area contributed by atoms with Crippen molar-refractivity contribution in [1.82, 2.24) is 19.6 Å². The Labute approximate surface area is 178 Å². The molecule has 31 heavy (non-hydrogen) atoms. The van der Waals surface area contributed by atoms with Gasteiger partial charge in [0.1, 0.15) is 11.6 Å². The summed E-state index contributed by atoms with van der Waals surface area (Å²) in [6.45, 7) is 3.09. The standard InChI is InChI=1S/C22H22N6O3/c29-21(30)5-6-23-19-12-20(27-7-9-31-10-8-27)26-22-17(14-25-28(19)22)16-11-15-3-1-2-4-18(15)24-13-16/h1-4,11-14,23H,5-10H2,(H,29,30). The van der Waals surface area contributed by atoms with Crippen LogP contribution in [0.1, 0.15) is 6.42 Å². The number of anilines is 2. The van der Waals surface area contributed by atoms with Crippen molar-refractivity contribution in [3.63, 3.8) is 0 Å². The monoisotopic (exact) mass is 418 g/mol. The minimum absolute atomic E-state index is 0.0133. The molecule has 0 spiro atoms. The molecule has 9 nitrogen and oxygen atoms in total. The highest BCUT2D eigenvalue weighted by molar-refractivity contribution is 5.87. The van der Waals surface area contributed by atoms with Gasteiger partial charge in [0.2, 0.25) is 0 Å². The number of pyridine rings is 1. The Morgan fingerprint density at radius 1 is 1.16 bits per heavy atom. The third kappa shape index (κ3) is 3.87. The maximum atomic E-state index is 11.0. The van der Waals surface area contributed by atoms with Crippen molar-refractivity contribution in [3.8, 4) is 11.1 Å². The number of carboxylic acid groups (broad SMARTS) is 1. The van der Waals surface area contributed by atoms with Gasteiger partial charge in [0.05, 0.1) is 31.3 Å². The molecule has 0 amide bonds. The van der Waals surface area contributed by atoms with Crippen LogP contribution in [-0.2, 0) is 9.53 Å². The van der Waals surface area contributed by atoms with Gasteiger partial charge >= 0.3 is 5.97 Å². The molecule has 0 saturated carbocycles. The van der Waals surface area contributed by atoms with E-state index in [1.54, 1.807) is 10.7 Å². The summed E-state index contributed by atoms with van der Waals surface area (Å²) < 4.78 is 7.19. The Bertz CT molecular complexity index is 1250. The van der Waals surface area contributed by atoms with Gasteiger partial charge in [0.15, 0.2) is 5.65 Å². The molecule has 1 fully saturated rings. The maximum Gasteiger partial charge on any atom is 0.305 e. The normalized spacial score (nSPS) is 14.3. The fourth-order valence-corrected chi connectivity index (χ4v) is 3.75. The molecule has 0 aliphatic carbocycles. The van der Waals surface area contributed by atoms with Crippen LogP contribution in [0, 0.1) is 0 Å². The Morgan fingerprint density at radius 2 is 2.00 bits per heavy atom. The smallest absolute Gasteiger partial charge is 0.305 e. The van der Waals surface area contributed by atoms with Crippen LogP contribution in [0.3, 0.4) is 0 Å². The lowest BCUT2D eigenvalue weighted by molar-refractivity contribution is -0.136. The van der Waals surface area contributed by atoms with Crippen molar-refractivity contribution in [2.24, 2.45) is 0 Å². The molecule has 4 heterocycles. The quantitative estimate of drug-likeness (QED) is 0.492. The van der Waals surface area contributed by atoms with Crippen LogP contribution >= 0.6 is 0 Å². The van der Waals surface area contributed by atoms with Crippen molar-refractivity contribution in [3.05, 3.63) is 48.8 Å². The minimum atomic E-state index is -0.852. The number of aliphatic carboxylic acids is 1. The van der Waals surface area contributed by atoms with Crippen LogP contribution in [0.25, 0.3) is 27.7 Å². The fourth-order valence-electron chi connectivity index (χ4n) is 3.75. The molecule has 0 radical (unpaired) electrons. The molecule has 0 unspecified atom stereocenters. The van der Waals surface area contributed by atoms with E-state index in [1.165, 1.54) is 0 Å². The molecule has 0 bridgehead atoms. The maximum absolute atomic E-state index is 11.0. The number of nitrogens with zero attached hydrogens (tertiary/aromatic N) is 5. The molecule has 1 aliphatic heterocycles. The highest BCUT2D eigenvalue weighted by atomic mass is 16.5. The third-order valence-corrected chi connectivity index (χ3v) is 5.34. The van der Waals surface area contributed by atoms with Gasteiger partial charge in [0, 0.05) is 48.4 Å². The first-order valence-corrected chi connectivity index (χ1v) is 10.2. The Morgan fingerprint density at radius 3 is 2.84 bits per heavy atom. The number of para-hydroxylation sites is 1. The second kappa shape index (κ2) is 8.19. The fraction of sp³-hybridized carbons (Fsp3) is 0.273. The van der Waals surface area contributed by atoms with Gasteiger partial charge in [-0.25, -0.2) is 4.98 Å². The average molecular weight is 418 g/mol. The van der Waals surface area contributed by atoms with Crippen LogP contribution in [0.2, 0.25) is 0 Å². The number of hydrogen-bond acceptors (Lipinski definition) is 7. The van der Waals surface area contributed by atoms with Gasteiger partial charge in [-0.05, 0) is 12.1 Å². The average Bonchev–Trinajstić information content (AvgIpc) is 3.23. The van der Waals surface area contributed by atoms with Gasteiger partial charge in [-0.1, -0.05) is 18.2 Å². The molecule has 1 aromatic carbocycles. The molecule has 3 aromatic heterocycles. The van der Waals surface area contributed by atoms with E-state index in [0.29, 0.717) is 31.2 Å². The van der Waals surface area contributed by atoms with E-state index >= 15 is 0 Å². The number of carboxylic acids is 1. The zero-order valence-corrected chi connectivity index (χ0v) is 16.9. The number of aromatic nitrogens is 4. The van der Waals surface area contributed by atoms with Crippen molar-refractivity contribution in [1.29, 1.82) is 0 Å². The van der Waals surface area contributed by atoms with E-state index in [2.05, 4.69) is 26.4 Å². The van der Waals surface area contributed by atoms with E-state index < -0.39 is 5.97 Å². The van der Waals surface area contributed by atoms with Crippen LogP contribution in [0.15, 0.2) is 48.8 Å². The van der Waals surface area contributed by atoms with Gasteiger partial charge in [-0.3, -0.25) is 9.78 Å².